The minimum Gasteiger partial charge on any atom is -0.481 e. The number of aromatic nitrogens is 3. The second-order valence-corrected chi connectivity index (χ2v) is 6.43. The molecule has 1 aromatic heterocycles. The molecule has 2 aromatic rings. The Morgan fingerprint density at radius 2 is 1.88 bits per heavy atom. The van der Waals surface area contributed by atoms with Crippen LogP contribution in [0.25, 0.3) is 5.69 Å². The highest BCUT2D eigenvalue weighted by atomic mass is 16.4. The molecule has 0 saturated heterocycles. The fraction of sp³-hybridized carbons (Fsp3) is 0.444. The Morgan fingerprint density at radius 1 is 1.16 bits per heavy atom. The summed E-state index contributed by atoms with van der Waals surface area (Å²) in [6.07, 6.45) is 4.07. The summed E-state index contributed by atoms with van der Waals surface area (Å²) >= 11 is 0. The first-order valence-corrected chi connectivity index (χ1v) is 8.59. The summed E-state index contributed by atoms with van der Waals surface area (Å²) in [7, 11) is 0. The van der Waals surface area contributed by atoms with Gasteiger partial charge in [-0.2, -0.15) is 0 Å². The second-order valence-electron chi connectivity index (χ2n) is 6.43. The maximum Gasteiger partial charge on any atom is 0.308 e. The molecule has 0 radical (unpaired) electrons. The predicted octanol–water partition coefficient (Wildman–Crippen LogP) is 2.34. The van der Waals surface area contributed by atoms with Gasteiger partial charge in [-0.1, -0.05) is 42.7 Å². The lowest BCUT2D eigenvalue weighted by Gasteiger charge is -2.22. The number of hydrogen-bond acceptors (Lipinski definition) is 4. The summed E-state index contributed by atoms with van der Waals surface area (Å²) in [5.41, 5.74) is 1.69. The van der Waals surface area contributed by atoms with Gasteiger partial charge in [0.25, 0.3) is 5.91 Å². The molecule has 0 aliphatic heterocycles. The van der Waals surface area contributed by atoms with Crippen LogP contribution in [-0.4, -0.2) is 38.0 Å². The monoisotopic (exact) mass is 342 g/mol. The molecule has 1 aliphatic carbocycles. The van der Waals surface area contributed by atoms with Gasteiger partial charge in [0, 0.05) is 6.04 Å². The molecule has 1 saturated carbocycles. The van der Waals surface area contributed by atoms with E-state index in [1.54, 1.807) is 11.6 Å². The molecule has 25 heavy (non-hydrogen) atoms. The van der Waals surface area contributed by atoms with Gasteiger partial charge < -0.3 is 10.4 Å². The molecule has 1 aromatic carbocycles. The molecule has 0 unspecified atom stereocenters. The van der Waals surface area contributed by atoms with Crippen molar-refractivity contribution in [2.75, 3.05) is 0 Å². The number of rotatable bonds is 4. The van der Waals surface area contributed by atoms with E-state index in [1.807, 2.05) is 30.3 Å². The molecule has 2 N–H and O–H groups in total. The summed E-state index contributed by atoms with van der Waals surface area (Å²) in [4.78, 5) is 24.1. The lowest BCUT2D eigenvalue weighted by molar-refractivity contribution is -0.142. The average molecular weight is 342 g/mol. The second kappa shape index (κ2) is 7.46. The Hall–Kier alpha value is -2.70. The summed E-state index contributed by atoms with van der Waals surface area (Å²) < 4.78 is 1.61. The van der Waals surface area contributed by atoms with Crippen molar-refractivity contribution in [3.63, 3.8) is 0 Å². The highest BCUT2D eigenvalue weighted by molar-refractivity contribution is 5.93. The van der Waals surface area contributed by atoms with Gasteiger partial charge in [0.15, 0.2) is 5.69 Å². The smallest absolute Gasteiger partial charge is 0.308 e. The Balaban J connectivity index is 1.79. The number of carbonyl (C=O) groups excluding carboxylic acids is 1. The summed E-state index contributed by atoms with van der Waals surface area (Å²) in [5, 5.41) is 20.4. The van der Waals surface area contributed by atoms with Crippen LogP contribution in [0.2, 0.25) is 0 Å². The van der Waals surface area contributed by atoms with E-state index in [0.29, 0.717) is 18.5 Å². The van der Waals surface area contributed by atoms with Crippen LogP contribution in [0, 0.1) is 12.8 Å². The topological polar surface area (TPSA) is 97.1 Å². The van der Waals surface area contributed by atoms with Gasteiger partial charge in [-0.05, 0) is 31.9 Å². The van der Waals surface area contributed by atoms with Gasteiger partial charge >= 0.3 is 5.97 Å². The van der Waals surface area contributed by atoms with Crippen molar-refractivity contribution < 1.29 is 14.7 Å². The van der Waals surface area contributed by atoms with Crippen LogP contribution in [0.5, 0.6) is 0 Å². The van der Waals surface area contributed by atoms with E-state index in [0.717, 1.165) is 24.9 Å². The van der Waals surface area contributed by atoms with Gasteiger partial charge in [0.2, 0.25) is 0 Å². The first-order valence-electron chi connectivity index (χ1n) is 8.59. The Morgan fingerprint density at radius 3 is 2.60 bits per heavy atom. The van der Waals surface area contributed by atoms with Crippen LogP contribution in [-0.2, 0) is 4.79 Å². The van der Waals surface area contributed by atoms with Crippen LogP contribution in [0.3, 0.4) is 0 Å². The normalized spacial score (nSPS) is 20.7. The molecule has 1 amide bonds. The van der Waals surface area contributed by atoms with Crippen molar-refractivity contribution in [1.82, 2.24) is 20.3 Å². The summed E-state index contributed by atoms with van der Waals surface area (Å²) in [6.45, 7) is 1.78. The number of aliphatic carboxylic acids is 1. The zero-order valence-electron chi connectivity index (χ0n) is 14.2. The van der Waals surface area contributed by atoms with E-state index in [4.69, 9.17) is 0 Å². The number of carboxylic acids is 1. The van der Waals surface area contributed by atoms with E-state index in [-0.39, 0.29) is 17.6 Å². The van der Waals surface area contributed by atoms with Crippen LogP contribution < -0.4 is 5.32 Å². The molecule has 1 fully saturated rings. The predicted molar refractivity (Wildman–Crippen MR) is 91.6 cm³/mol. The molecule has 7 heteroatoms. The molecule has 7 nitrogen and oxygen atoms in total. The van der Waals surface area contributed by atoms with E-state index in [1.165, 1.54) is 0 Å². The van der Waals surface area contributed by atoms with Gasteiger partial charge in [0.05, 0.1) is 17.3 Å². The Bertz CT molecular complexity index is 757. The molecular weight excluding hydrogens is 320 g/mol. The van der Waals surface area contributed by atoms with Crippen molar-refractivity contribution in [2.24, 2.45) is 5.92 Å². The van der Waals surface area contributed by atoms with E-state index in [2.05, 4.69) is 15.6 Å². The molecule has 3 rings (SSSR count). The average Bonchev–Trinajstić information content (AvgIpc) is 2.83. The molecule has 0 spiro atoms. The number of hydrogen-bond donors (Lipinski definition) is 2. The Labute approximate surface area is 146 Å². The van der Waals surface area contributed by atoms with Crippen LogP contribution in [0.1, 0.15) is 48.3 Å². The maximum atomic E-state index is 12.6. The number of nitrogens with one attached hydrogen (secondary N) is 1. The SMILES string of the molecule is Cc1c(C(=O)N[C@H]2CCCCC[C@H]2C(=O)O)nnn1-c1ccccc1. The standard InChI is InChI=1S/C18H22N4O3/c1-12-16(20-21-22(12)13-8-4-2-5-9-13)17(23)19-15-11-7-3-6-10-14(15)18(24)25/h2,4-5,8-9,14-15H,3,6-7,10-11H2,1H3,(H,19,23)(H,24,25)/t14-,15+/m1/s1. The van der Waals surface area contributed by atoms with E-state index in [9.17, 15) is 14.7 Å². The van der Waals surface area contributed by atoms with Gasteiger partial charge in [0.1, 0.15) is 0 Å². The first kappa shape index (κ1) is 17.1. The largest absolute Gasteiger partial charge is 0.481 e. The van der Waals surface area contributed by atoms with Gasteiger partial charge in [-0.15, -0.1) is 5.10 Å². The minimum absolute atomic E-state index is 0.234. The molecule has 0 bridgehead atoms. The van der Waals surface area contributed by atoms with Gasteiger partial charge in [-0.3, -0.25) is 9.59 Å². The first-order chi connectivity index (χ1) is 12.1. The van der Waals surface area contributed by atoms with Gasteiger partial charge in [-0.25, -0.2) is 4.68 Å². The number of benzene rings is 1. The van der Waals surface area contributed by atoms with E-state index < -0.39 is 11.9 Å². The maximum absolute atomic E-state index is 12.6. The summed E-state index contributed by atoms with van der Waals surface area (Å²) in [5.74, 6) is -1.76. The van der Waals surface area contributed by atoms with Crippen molar-refractivity contribution in [3.8, 4) is 5.69 Å². The zero-order valence-corrected chi connectivity index (χ0v) is 14.2. The minimum atomic E-state index is -0.850. The number of carbonyl (C=O) groups is 2. The van der Waals surface area contributed by atoms with Crippen LogP contribution in [0.4, 0.5) is 0 Å². The molecule has 132 valence electrons. The lowest BCUT2D eigenvalue weighted by Crippen LogP contribution is -2.43. The van der Waals surface area contributed by atoms with Crippen LogP contribution >= 0.6 is 0 Å². The number of para-hydroxylation sites is 1. The molecule has 1 aliphatic rings. The quantitative estimate of drug-likeness (QED) is 0.831. The highest BCUT2D eigenvalue weighted by Gasteiger charge is 2.31. The third-order valence-electron chi connectivity index (χ3n) is 4.76. The lowest BCUT2D eigenvalue weighted by atomic mass is 9.94. The molecule has 1 heterocycles. The molecular formula is C18H22N4O3. The van der Waals surface area contributed by atoms with Crippen molar-refractivity contribution in [1.29, 1.82) is 0 Å². The fourth-order valence-corrected chi connectivity index (χ4v) is 3.37. The Kier molecular flexibility index (Phi) is 5.11. The number of carboxylic acid groups (broad SMARTS) is 1. The zero-order chi connectivity index (χ0) is 17.8. The summed E-state index contributed by atoms with van der Waals surface area (Å²) in [6, 6.07) is 9.08. The third kappa shape index (κ3) is 3.70. The third-order valence-corrected chi connectivity index (χ3v) is 4.76. The number of nitrogens with zero attached hydrogens (tertiary/aromatic N) is 3. The highest BCUT2D eigenvalue weighted by Crippen LogP contribution is 2.24. The number of amides is 1. The van der Waals surface area contributed by atoms with Crippen molar-refractivity contribution in [3.05, 3.63) is 41.7 Å². The van der Waals surface area contributed by atoms with Crippen molar-refractivity contribution >= 4 is 11.9 Å². The van der Waals surface area contributed by atoms with Crippen molar-refractivity contribution in [2.45, 2.75) is 45.1 Å². The molecule has 2 atom stereocenters. The van der Waals surface area contributed by atoms with E-state index >= 15 is 0 Å². The fourth-order valence-electron chi connectivity index (χ4n) is 3.37. The van der Waals surface area contributed by atoms with Crippen LogP contribution in [0.15, 0.2) is 30.3 Å².